The van der Waals surface area contributed by atoms with Gasteiger partial charge in [-0.15, -0.1) is 12.6 Å². The van der Waals surface area contributed by atoms with Crippen LogP contribution < -0.4 is 5.32 Å². The number of carbonyl (C=O) groups excluding carboxylic acids is 1. The van der Waals surface area contributed by atoms with Crippen LogP contribution in [0.3, 0.4) is 0 Å². The van der Waals surface area contributed by atoms with Crippen LogP contribution in [0.4, 0.5) is 4.79 Å². The summed E-state index contributed by atoms with van der Waals surface area (Å²) in [5.41, 5.74) is 1.60. The molecule has 0 saturated carbocycles. The van der Waals surface area contributed by atoms with E-state index in [1.54, 1.807) is 24.3 Å². The first-order valence-corrected chi connectivity index (χ1v) is 7.47. The molecule has 0 aromatic heterocycles. The van der Waals surface area contributed by atoms with Crippen LogP contribution >= 0.6 is 12.6 Å². The molecular formula is C17H17NO4S. The molecule has 0 heterocycles. The van der Waals surface area contributed by atoms with E-state index in [0.717, 1.165) is 16.0 Å². The monoisotopic (exact) mass is 331 g/mol. The molecular weight excluding hydrogens is 314 g/mol. The number of carboxylic acids is 1. The molecule has 0 spiro atoms. The Labute approximate surface area is 139 Å². The highest BCUT2D eigenvalue weighted by Gasteiger charge is 2.21. The fraction of sp³-hybridized carbons (Fsp3) is 0.176. The molecule has 5 nitrogen and oxygen atoms in total. The molecule has 6 heteroatoms. The Morgan fingerprint density at radius 2 is 1.78 bits per heavy atom. The lowest BCUT2D eigenvalue weighted by atomic mass is 10.1. The maximum Gasteiger partial charge on any atom is 0.408 e. The zero-order valence-electron chi connectivity index (χ0n) is 12.3. The van der Waals surface area contributed by atoms with Gasteiger partial charge in [-0.1, -0.05) is 42.5 Å². The van der Waals surface area contributed by atoms with Crippen molar-refractivity contribution >= 4 is 24.7 Å². The Morgan fingerprint density at radius 3 is 2.43 bits per heavy atom. The lowest BCUT2D eigenvalue weighted by molar-refractivity contribution is -0.139. The molecule has 23 heavy (non-hydrogen) atoms. The van der Waals surface area contributed by atoms with Crippen LogP contribution in [-0.4, -0.2) is 23.2 Å². The molecule has 1 atom stereocenters. The second-order valence-corrected chi connectivity index (χ2v) is 5.49. The highest BCUT2D eigenvalue weighted by atomic mass is 32.1. The van der Waals surface area contributed by atoms with Crippen LogP contribution in [0.15, 0.2) is 59.5 Å². The van der Waals surface area contributed by atoms with Crippen molar-refractivity contribution in [3.8, 4) is 0 Å². The van der Waals surface area contributed by atoms with Gasteiger partial charge in [-0.3, -0.25) is 0 Å². The lowest BCUT2D eigenvalue weighted by Crippen LogP contribution is -2.42. The number of nitrogens with one attached hydrogen (secondary N) is 1. The Balaban J connectivity index is 1.91. The van der Waals surface area contributed by atoms with E-state index in [2.05, 4.69) is 17.9 Å². The smallest absolute Gasteiger partial charge is 0.408 e. The first kappa shape index (κ1) is 16.9. The van der Waals surface area contributed by atoms with Gasteiger partial charge in [0.15, 0.2) is 0 Å². The number of aliphatic carboxylic acids is 1. The second kappa shape index (κ2) is 8.24. The number of benzene rings is 2. The Morgan fingerprint density at radius 1 is 1.09 bits per heavy atom. The van der Waals surface area contributed by atoms with E-state index < -0.39 is 18.1 Å². The van der Waals surface area contributed by atoms with Crippen molar-refractivity contribution in [2.45, 2.75) is 24.0 Å². The van der Waals surface area contributed by atoms with E-state index in [0.29, 0.717) is 0 Å². The van der Waals surface area contributed by atoms with Gasteiger partial charge in [0, 0.05) is 11.3 Å². The average molecular weight is 331 g/mol. The van der Waals surface area contributed by atoms with Gasteiger partial charge in [-0.2, -0.15) is 0 Å². The van der Waals surface area contributed by atoms with E-state index in [4.69, 9.17) is 4.74 Å². The molecule has 0 aliphatic rings. The molecule has 2 aromatic rings. The van der Waals surface area contributed by atoms with Crippen LogP contribution in [0.2, 0.25) is 0 Å². The normalized spacial score (nSPS) is 11.5. The number of amides is 1. The van der Waals surface area contributed by atoms with Gasteiger partial charge in [0.25, 0.3) is 0 Å². The maximum atomic E-state index is 11.8. The van der Waals surface area contributed by atoms with Crippen molar-refractivity contribution in [1.29, 1.82) is 0 Å². The summed E-state index contributed by atoms with van der Waals surface area (Å²) in [5, 5.41) is 11.6. The fourth-order valence-corrected chi connectivity index (χ4v) is 2.28. The summed E-state index contributed by atoms with van der Waals surface area (Å²) in [6.45, 7) is 0.0884. The van der Waals surface area contributed by atoms with Gasteiger partial charge in [-0.25, -0.2) is 9.59 Å². The summed E-state index contributed by atoms with van der Waals surface area (Å²) in [4.78, 5) is 23.8. The molecule has 0 radical (unpaired) electrons. The number of alkyl carbamates (subject to hydrolysis) is 1. The van der Waals surface area contributed by atoms with Gasteiger partial charge in [0.05, 0.1) is 0 Å². The van der Waals surface area contributed by atoms with Gasteiger partial charge in [-0.05, 0) is 23.3 Å². The molecule has 0 saturated heterocycles. The van der Waals surface area contributed by atoms with Gasteiger partial charge in [0.2, 0.25) is 0 Å². The minimum Gasteiger partial charge on any atom is -0.480 e. The first-order valence-electron chi connectivity index (χ1n) is 7.02. The van der Waals surface area contributed by atoms with Gasteiger partial charge in [0.1, 0.15) is 12.6 Å². The van der Waals surface area contributed by atoms with Crippen molar-refractivity contribution in [3.63, 3.8) is 0 Å². The third kappa shape index (κ3) is 5.67. The van der Waals surface area contributed by atoms with Crippen LogP contribution in [0.5, 0.6) is 0 Å². The predicted molar refractivity (Wildman–Crippen MR) is 88.6 cm³/mol. The molecule has 0 aliphatic carbocycles. The molecule has 2 N–H and O–H groups in total. The van der Waals surface area contributed by atoms with Crippen molar-refractivity contribution in [3.05, 3.63) is 65.7 Å². The summed E-state index contributed by atoms with van der Waals surface area (Å²) in [5.74, 6) is -1.12. The fourth-order valence-electron chi connectivity index (χ4n) is 2.03. The number of carbonyl (C=O) groups is 2. The zero-order chi connectivity index (χ0) is 16.7. The zero-order valence-corrected chi connectivity index (χ0v) is 13.2. The highest BCUT2D eigenvalue weighted by molar-refractivity contribution is 7.80. The standard InChI is InChI=1S/C17H17NO4S/c19-16(20)15(10-13-7-4-8-14(23)9-13)18-17(21)22-11-12-5-2-1-3-6-12/h1-9,15,23H,10-11H2,(H,18,21)(H,19,20). The van der Waals surface area contributed by atoms with Crippen molar-refractivity contribution in [2.75, 3.05) is 0 Å². The minimum atomic E-state index is -1.12. The third-order valence-corrected chi connectivity index (χ3v) is 3.43. The van der Waals surface area contributed by atoms with Crippen molar-refractivity contribution in [2.24, 2.45) is 0 Å². The number of ether oxygens (including phenoxy) is 1. The Bertz CT molecular complexity index is 675. The molecule has 0 fully saturated rings. The lowest BCUT2D eigenvalue weighted by Gasteiger charge is -2.15. The molecule has 1 unspecified atom stereocenters. The van der Waals surface area contributed by atoms with Crippen LogP contribution in [0, 0.1) is 0 Å². The van der Waals surface area contributed by atoms with E-state index in [1.807, 2.05) is 30.3 Å². The van der Waals surface area contributed by atoms with E-state index in [1.165, 1.54) is 0 Å². The summed E-state index contributed by atoms with van der Waals surface area (Å²) in [7, 11) is 0. The first-order chi connectivity index (χ1) is 11.0. The summed E-state index contributed by atoms with van der Waals surface area (Å²) >= 11 is 4.21. The minimum absolute atomic E-state index is 0.0884. The summed E-state index contributed by atoms with van der Waals surface area (Å²) in [6, 6.07) is 15.2. The number of hydrogen-bond acceptors (Lipinski definition) is 4. The van der Waals surface area contributed by atoms with Crippen LogP contribution in [-0.2, 0) is 22.6 Å². The summed E-state index contributed by atoms with van der Waals surface area (Å²) < 4.78 is 5.04. The number of hydrogen-bond donors (Lipinski definition) is 3. The van der Waals surface area contributed by atoms with E-state index in [9.17, 15) is 14.7 Å². The van der Waals surface area contributed by atoms with Crippen molar-refractivity contribution < 1.29 is 19.4 Å². The van der Waals surface area contributed by atoms with Crippen molar-refractivity contribution in [1.82, 2.24) is 5.32 Å². The molecule has 2 aromatic carbocycles. The van der Waals surface area contributed by atoms with Crippen LogP contribution in [0.1, 0.15) is 11.1 Å². The topological polar surface area (TPSA) is 75.6 Å². The van der Waals surface area contributed by atoms with Gasteiger partial charge < -0.3 is 15.2 Å². The molecule has 2 rings (SSSR count). The predicted octanol–water partition coefficient (Wildman–Crippen LogP) is 2.90. The molecule has 0 bridgehead atoms. The van der Waals surface area contributed by atoms with Gasteiger partial charge >= 0.3 is 12.1 Å². The molecule has 0 aliphatic heterocycles. The number of thiol groups is 1. The van der Waals surface area contributed by atoms with E-state index in [-0.39, 0.29) is 13.0 Å². The van der Waals surface area contributed by atoms with Crippen LogP contribution in [0.25, 0.3) is 0 Å². The van der Waals surface area contributed by atoms with E-state index >= 15 is 0 Å². The largest absolute Gasteiger partial charge is 0.480 e. The summed E-state index contributed by atoms with van der Waals surface area (Å²) in [6.07, 6.45) is -0.604. The average Bonchev–Trinajstić information content (AvgIpc) is 2.53. The third-order valence-electron chi connectivity index (χ3n) is 3.15. The highest BCUT2D eigenvalue weighted by Crippen LogP contribution is 2.11. The quantitative estimate of drug-likeness (QED) is 0.712. The molecule has 120 valence electrons. The second-order valence-electron chi connectivity index (χ2n) is 4.97. The molecule has 1 amide bonds. The Hall–Kier alpha value is -2.47. The SMILES string of the molecule is O=C(NC(Cc1cccc(S)c1)C(=O)O)OCc1ccccc1. The maximum absolute atomic E-state index is 11.8. The Kier molecular flexibility index (Phi) is 6.05. The number of carboxylic acid groups (broad SMARTS) is 1. The number of rotatable bonds is 6.